The molecule has 0 saturated heterocycles. The number of aliphatic hydroxyl groups is 1. The summed E-state index contributed by atoms with van der Waals surface area (Å²) in [5.74, 6) is 0. The van der Waals surface area contributed by atoms with Gasteiger partial charge in [0, 0.05) is 6.04 Å². The van der Waals surface area contributed by atoms with Gasteiger partial charge in [0.2, 0.25) is 5.60 Å². The molecule has 0 aromatic heterocycles. The summed E-state index contributed by atoms with van der Waals surface area (Å²) in [5, 5.41) is 9.81. The highest BCUT2D eigenvalue weighted by Crippen LogP contribution is 2.40. The molecule has 0 aliphatic carbocycles. The summed E-state index contributed by atoms with van der Waals surface area (Å²) in [6.45, 7) is 3.04. The molecule has 0 saturated carbocycles. The van der Waals surface area contributed by atoms with Crippen LogP contribution in [0, 0.1) is 0 Å². The second-order valence-corrected chi connectivity index (χ2v) is 4.10. The Morgan fingerprint density at radius 2 is 1.71 bits per heavy atom. The van der Waals surface area contributed by atoms with Gasteiger partial charge < -0.3 is 10.8 Å². The lowest BCUT2D eigenvalue weighted by molar-refractivity contribution is -0.272. The van der Waals surface area contributed by atoms with Crippen molar-refractivity contribution in [3.8, 4) is 0 Å². The van der Waals surface area contributed by atoms with E-state index in [2.05, 4.69) is 0 Å². The molecule has 0 bridgehead atoms. The van der Waals surface area contributed by atoms with E-state index in [4.69, 9.17) is 5.73 Å². The van der Waals surface area contributed by atoms with E-state index >= 15 is 0 Å². The molecule has 0 radical (unpaired) electrons. The zero-order valence-corrected chi connectivity index (χ0v) is 9.75. The van der Waals surface area contributed by atoms with E-state index in [0.717, 1.165) is 18.9 Å². The summed E-state index contributed by atoms with van der Waals surface area (Å²) >= 11 is 0. The van der Waals surface area contributed by atoms with Crippen molar-refractivity contribution in [2.45, 2.75) is 38.1 Å². The van der Waals surface area contributed by atoms with Crippen molar-refractivity contribution in [2.24, 2.45) is 5.73 Å². The van der Waals surface area contributed by atoms with Crippen LogP contribution in [0.5, 0.6) is 0 Å². The quantitative estimate of drug-likeness (QED) is 0.861. The summed E-state index contributed by atoms with van der Waals surface area (Å²) in [5.41, 5.74) is 2.97. The van der Waals surface area contributed by atoms with Crippen molar-refractivity contribution in [2.75, 3.05) is 0 Å². The monoisotopic (exact) mass is 247 g/mol. The van der Waals surface area contributed by atoms with Crippen LogP contribution in [-0.2, 0) is 12.0 Å². The zero-order chi connectivity index (χ0) is 13.3. The van der Waals surface area contributed by atoms with E-state index in [-0.39, 0.29) is 5.56 Å². The maximum atomic E-state index is 12.9. The molecule has 5 heteroatoms. The van der Waals surface area contributed by atoms with E-state index in [1.165, 1.54) is 12.1 Å². The van der Waals surface area contributed by atoms with Crippen molar-refractivity contribution in [3.63, 3.8) is 0 Å². The first-order chi connectivity index (χ1) is 7.73. The summed E-state index contributed by atoms with van der Waals surface area (Å²) in [7, 11) is 0. The second-order valence-electron chi connectivity index (χ2n) is 4.10. The number of aryl methyl sites for hydroxylation is 1. The number of hydrogen-bond donors (Lipinski definition) is 2. The van der Waals surface area contributed by atoms with E-state index in [0.29, 0.717) is 0 Å². The largest absolute Gasteiger partial charge is 0.422 e. The highest BCUT2D eigenvalue weighted by molar-refractivity contribution is 5.30. The van der Waals surface area contributed by atoms with Gasteiger partial charge in [-0.25, -0.2) is 0 Å². The molecular weight excluding hydrogens is 231 g/mol. The molecule has 1 aromatic rings. The summed E-state index contributed by atoms with van der Waals surface area (Å²) in [6.07, 6.45) is -4.07. The Kier molecular flexibility index (Phi) is 3.84. The molecule has 1 aromatic carbocycles. The van der Waals surface area contributed by atoms with Crippen molar-refractivity contribution in [3.05, 3.63) is 35.4 Å². The third-order valence-electron chi connectivity index (χ3n) is 2.89. The van der Waals surface area contributed by atoms with Crippen molar-refractivity contribution >= 4 is 0 Å². The average molecular weight is 247 g/mol. The molecule has 96 valence electrons. The lowest BCUT2D eigenvalue weighted by Gasteiger charge is -2.34. The van der Waals surface area contributed by atoms with Gasteiger partial charge in [0.15, 0.2) is 0 Å². The summed E-state index contributed by atoms with van der Waals surface area (Å²) in [4.78, 5) is 0. The predicted octanol–water partition coefficient (Wildman–Crippen LogP) is 2.35. The molecule has 0 aliphatic heterocycles. The number of nitrogens with two attached hydrogens (primary N) is 1. The Morgan fingerprint density at radius 1 is 1.24 bits per heavy atom. The maximum absolute atomic E-state index is 12.9. The molecule has 2 unspecified atom stereocenters. The summed E-state index contributed by atoms with van der Waals surface area (Å²) < 4.78 is 38.7. The molecule has 2 nitrogen and oxygen atoms in total. The van der Waals surface area contributed by atoms with Gasteiger partial charge in [-0.3, -0.25) is 0 Å². The van der Waals surface area contributed by atoms with Crippen LogP contribution in [0.2, 0.25) is 0 Å². The fraction of sp³-hybridized carbons (Fsp3) is 0.500. The Morgan fingerprint density at radius 3 is 2.00 bits per heavy atom. The molecular formula is C12H16F3NO. The van der Waals surface area contributed by atoms with Gasteiger partial charge in [0.05, 0.1) is 0 Å². The van der Waals surface area contributed by atoms with Crippen molar-refractivity contribution < 1.29 is 18.3 Å². The van der Waals surface area contributed by atoms with Crippen LogP contribution < -0.4 is 5.73 Å². The van der Waals surface area contributed by atoms with Crippen LogP contribution in [0.4, 0.5) is 13.2 Å². The third-order valence-corrected chi connectivity index (χ3v) is 2.89. The molecule has 2 atom stereocenters. The minimum atomic E-state index is -4.80. The number of halogens is 3. The van der Waals surface area contributed by atoms with Gasteiger partial charge >= 0.3 is 6.18 Å². The first-order valence-corrected chi connectivity index (χ1v) is 5.37. The molecule has 0 aliphatic rings. The predicted molar refractivity (Wildman–Crippen MR) is 59.4 cm³/mol. The molecule has 0 heterocycles. The number of benzene rings is 1. The molecule has 1 rings (SSSR count). The summed E-state index contributed by atoms with van der Waals surface area (Å²) in [6, 6.07) is 4.24. The minimum Gasteiger partial charge on any atom is -0.375 e. The van der Waals surface area contributed by atoms with E-state index in [9.17, 15) is 18.3 Å². The lowest BCUT2D eigenvalue weighted by Crippen LogP contribution is -2.54. The van der Waals surface area contributed by atoms with Gasteiger partial charge in [-0.1, -0.05) is 31.2 Å². The van der Waals surface area contributed by atoms with Gasteiger partial charge in [0.1, 0.15) is 0 Å². The van der Waals surface area contributed by atoms with Crippen molar-refractivity contribution in [1.82, 2.24) is 0 Å². The van der Waals surface area contributed by atoms with E-state index in [1.54, 1.807) is 12.1 Å². The number of hydrogen-bond acceptors (Lipinski definition) is 2. The topological polar surface area (TPSA) is 46.2 Å². The van der Waals surface area contributed by atoms with Crippen molar-refractivity contribution in [1.29, 1.82) is 0 Å². The smallest absolute Gasteiger partial charge is 0.375 e. The fourth-order valence-corrected chi connectivity index (χ4v) is 1.68. The lowest BCUT2D eigenvalue weighted by atomic mass is 9.86. The normalized spacial score (nSPS) is 17.6. The molecule has 0 fully saturated rings. The van der Waals surface area contributed by atoms with Crippen LogP contribution in [0.15, 0.2) is 24.3 Å². The Labute approximate surface area is 98.3 Å². The Hall–Kier alpha value is -1.07. The SMILES string of the molecule is CCc1ccc(C(O)(C(C)N)C(F)(F)F)cc1. The molecule has 17 heavy (non-hydrogen) atoms. The maximum Gasteiger partial charge on any atom is 0.422 e. The van der Waals surface area contributed by atoms with Crippen LogP contribution in [0.3, 0.4) is 0 Å². The first kappa shape index (κ1) is 14.0. The molecule has 0 spiro atoms. The molecule has 3 N–H and O–H groups in total. The standard InChI is InChI=1S/C12H16F3NO/c1-3-9-4-6-10(7-5-9)11(17,8(2)16)12(13,14)15/h4-8,17H,3,16H2,1-2H3. The van der Waals surface area contributed by atoms with Gasteiger partial charge in [-0.2, -0.15) is 13.2 Å². The van der Waals surface area contributed by atoms with Gasteiger partial charge in [-0.05, 0) is 24.5 Å². The zero-order valence-electron chi connectivity index (χ0n) is 9.75. The van der Waals surface area contributed by atoms with E-state index < -0.39 is 17.8 Å². The molecule has 0 amide bonds. The Bertz CT molecular complexity index is 372. The average Bonchev–Trinajstić information content (AvgIpc) is 2.26. The van der Waals surface area contributed by atoms with E-state index in [1.807, 2.05) is 6.92 Å². The highest BCUT2D eigenvalue weighted by atomic mass is 19.4. The number of rotatable bonds is 3. The minimum absolute atomic E-state index is 0.225. The van der Waals surface area contributed by atoms with Crippen LogP contribution in [0.25, 0.3) is 0 Å². The van der Waals surface area contributed by atoms with Gasteiger partial charge in [-0.15, -0.1) is 0 Å². The highest BCUT2D eigenvalue weighted by Gasteiger charge is 2.57. The second kappa shape index (κ2) is 4.66. The van der Waals surface area contributed by atoms with Crippen LogP contribution in [-0.4, -0.2) is 17.3 Å². The van der Waals surface area contributed by atoms with Crippen LogP contribution >= 0.6 is 0 Å². The van der Waals surface area contributed by atoms with Crippen LogP contribution in [0.1, 0.15) is 25.0 Å². The number of alkyl halides is 3. The Balaban J connectivity index is 3.24. The fourth-order valence-electron chi connectivity index (χ4n) is 1.68. The first-order valence-electron chi connectivity index (χ1n) is 5.37. The third kappa shape index (κ3) is 2.45. The van der Waals surface area contributed by atoms with Gasteiger partial charge in [0.25, 0.3) is 0 Å².